The third-order valence-electron chi connectivity index (χ3n) is 1.69. The van der Waals surface area contributed by atoms with Crippen molar-refractivity contribution in [1.29, 1.82) is 0 Å². The summed E-state index contributed by atoms with van der Waals surface area (Å²) in [6.07, 6.45) is 0.227. The lowest BCUT2D eigenvalue weighted by atomic mass is 10.0. The molecular formula is C9H14O5. The molecule has 0 N–H and O–H groups in total. The van der Waals surface area contributed by atoms with Gasteiger partial charge in [0.05, 0.1) is 13.7 Å². The standard InChI is InChI=1S/C9H14O5/c1-4-6(8(11)13-3)7(10)9(12)14-5-2/h6H,4-5H2,1-3H3. The first-order valence-corrected chi connectivity index (χ1v) is 4.37. The van der Waals surface area contributed by atoms with Crippen molar-refractivity contribution >= 4 is 17.7 Å². The number of esters is 2. The summed E-state index contributed by atoms with van der Waals surface area (Å²) in [5.74, 6) is -3.57. The number of ketones is 1. The van der Waals surface area contributed by atoms with E-state index in [0.29, 0.717) is 0 Å². The molecule has 0 radical (unpaired) electrons. The van der Waals surface area contributed by atoms with E-state index in [-0.39, 0.29) is 13.0 Å². The molecule has 0 fully saturated rings. The molecule has 5 nitrogen and oxygen atoms in total. The van der Waals surface area contributed by atoms with E-state index in [1.54, 1.807) is 13.8 Å². The van der Waals surface area contributed by atoms with E-state index in [1.807, 2.05) is 0 Å². The predicted molar refractivity (Wildman–Crippen MR) is 47.4 cm³/mol. The molecule has 0 aromatic carbocycles. The number of carbonyl (C=O) groups excluding carboxylic acids is 3. The van der Waals surface area contributed by atoms with Crippen molar-refractivity contribution in [2.45, 2.75) is 20.3 Å². The van der Waals surface area contributed by atoms with Crippen LogP contribution in [0, 0.1) is 5.92 Å². The minimum atomic E-state index is -1.04. The van der Waals surface area contributed by atoms with Gasteiger partial charge in [-0.15, -0.1) is 0 Å². The fourth-order valence-electron chi connectivity index (χ4n) is 0.946. The first kappa shape index (κ1) is 12.6. The van der Waals surface area contributed by atoms with Gasteiger partial charge in [-0.1, -0.05) is 6.92 Å². The Morgan fingerprint density at radius 1 is 1.21 bits per heavy atom. The van der Waals surface area contributed by atoms with Crippen LogP contribution >= 0.6 is 0 Å². The number of Topliss-reactive ketones (excluding diaryl/α,β-unsaturated/α-hetero) is 1. The summed E-state index contributed by atoms with van der Waals surface area (Å²) in [5.41, 5.74) is 0. The first-order valence-electron chi connectivity index (χ1n) is 4.37. The third-order valence-corrected chi connectivity index (χ3v) is 1.69. The van der Waals surface area contributed by atoms with Crippen molar-refractivity contribution in [3.05, 3.63) is 0 Å². The van der Waals surface area contributed by atoms with Crippen molar-refractivity contribution in [2.24, 2.45) is 5.92 Å². The molecule has 0 rings (SSSR count). The van der Waals surface area contributed by atoms with E-state index in [0.717, 1.165) is 0 Å². The van der Waals surface area contributed by atoms with Crippen molar-refractivity contribution in [3.63, 3.8) is 0 Å². The van der Waals surface area contributed by atoms with Gasteiger partial charge in [0.1, 0.15) is 5.92 Å². The Hall–Kier alpha value is -1.39. The summed E-state index contributed by atoms with van der Waals surface area (Å²) < 4.78 is 8.87. The highest BCUT2D eigenvalue weighted by atomic mass is 16.5. The zero-order valence-corrected chi connectivity index (χ0v) is 8.53. The fourth-order valence-corrected chi connectivity index (χ4v) is 0.946. The minimum Gasteiger partial charge on any atom is -0.468 e. The zero-order chi connectivity index (χ0) is 11.1. The molecule has 1 unspecified atom stereocenters. The van der Waals surface area contributed by atoms with Crippen LogP contribution in [-0.2, 0) is 23.9 Å². The van der Waals surface area contributed by atoms with Gasteiger partial charge in [0, 0.05) is 0 Å². The molecule has 0 bridgehead atoms. The number of rotatable bonds is 5. The molecule has 14 heavy (non-hydrogen) atoms. The molecule has 80 valence electrons. The van der Waals surface area contributed by atoms with Crippen LogP contribution in [0.5, 0.6) is 0 Å². The number of carbonyl (C=O) groups is 3. The maximum absolute atomic E-state index is 11.3. The lowest BCUT2D eigenvalue weighted by molar-refractivity contribution is -0.161. The Balaban J connectivity index is 4.46. The summed E-state index contributed by atoms with van der Waals surface area (Å²) in [5, 5.41) is 0. The minimum absolute atomic E-state index is 0.113. The van der Waals surface area contributed by atoms with Crippen LogP contribution in [0.15, 0.2) is 0 Å². The normalized spacial score (nSPS) is 11.6. The lowest BCUT2D eigenvalue weighted by Crippen LogP contribution is -2.31. The number of hydrogen-bond acceptors (Lipinski definition) is 5. The number of methoxy groups -OCH3 is 1. The van der Waals surface area contributed by atoms with Gasteiger partial charge in [0.15, 0.2) is 0 Å². The number of ether oxygens (including phenoxy) is 2. The van der Waals surface area contributed by atoms with E-state index < -0.39 is 23.6 Å². The molecule has 0 heterocycles. The second kappa shape index (κ2) is 6.12. The Bertz CT molecular complexity index is 233. The lowest BCUT2D eigenvalue weighted by Gasteiger charge is -2.09. The van der Waals surface area contributed by atoms with Crippen molar-refractivity contribution in [2.75, 3.05) is 13.7 Å². The highest BCUT2D eigenvalue weighted by Crippen LogP contribution is 2.07. The Morgan fingerprint density at radius 2 is 1.79 bits per heavy atom. The van der Waals surface area contributed by atoms with Gasteiger partial charge in [-0.2, -0.15) is 0 Å². The average Bonchev–Trinajstić information content (AvgIpc) is 2.18. The monoisotopic (exact) mass is 202 g/mol. The predicted octanol–water partition coefficient (Wildman–Crippen LogP) is 0.318. The van der Waals surface area contributed by atoms with E-state index in [2.05, 4.69) is 9.47 Å². The Kier molecular flexibility index (Phi) is 5.52. The number of hydrogen-bond donors (Lipinski definition) is 0. The van der Waals surface area contributed by atoms with Gasteiger partial charge in [-0.25, -0.2) is 4.79 Å². The van der Waals surface area contributed by atoms with Crippen LogP contribution in [0.2, 0.25) is 0 Å². The van der Waals surface area contributed by atoms with Gasteiger partial charge < -0.3 is 9.47 Å². The van der Waals surface area contributed by atoms with Crippen LogP contribution in [0.4, 0.5) is 0 Å². The SMILES string of the molecule is CCOC(=O)C(=O)C(CC)C(=O)OC. The molecule has 0 saturated carbocycles. The van der Waals surface area contributed by atoms with E-state index >= 15 is 0 Å². The molecule has 0 aliphatic heterocycles. The quantitative estimate of drug-likeness (QED) is 0.364. The van der Waals surface area contributed by atoms with E-state index in [1.165, 1.54) is 7.11 Å². The molecule has 0 amide bonds. The Labute approximate surface area is 82.4 Å². The molecule has 0 aliphatic rings. The molecule has 0 spiro atoms. The first-order chi connectivity index (χ1) is 6.58. The maximum Gasteiger partial charge on any atom is 0.375 e. The van der Waals surface area contributed by atoms with Gasteiger partial charge in [0.2, 0.25) is 0 Å². The smallest absolute Gasteiger partial charge is 0.375 e. The third kappa shape index (κ3) is 3.16. The van der Waals surface area contributed by atoms with Gasteiger partial charge in [-0.3, -0.25) is 9.59 Å². The van der Waals surface area contributed by atoms with Gasteiger partial charge in [0.25, 0.3) is 5.78 Å². The molecule has 0 saturated heterocycles. The molecule has 0 aromatic rings. The fraction of sp³-hybridized carbons (Fsp3) is 0.667. The van der Waals surface area contributed by atoms with E-state index in [9.17, 15) is 14.4 Å². The summed E-state index contributed by atoms with van der Waals surface area (Å²) in [6.45, 7) is 3.32. The maximum atomic E-state index is 11.3. The molecular weight excluding hydrogens is 188 g/mol. The summed E-state index contributed by atoms with van der Waals surface area (Å²) in [4.78, 5) is 33.3. The highest BCUT2D eigenvalue weighted by molar-refractivity contribution is 6.37. The van der Waals surface area contributed by atoms with E-state index in [4.69, 9.17) is 0 Å². The molecule has 0 aliphatic carbocycles. The van der Waals surface area contributed by atoms with Crippen LogP contribution in [0.25, 0.3) is 0 Å². The molecule has 5 heteroatoms. The average molecular weight is 202 g/mol. The largest absolute Gasteiger partial charge is 0.468 e. The van der Waals surface area contributed by atoms with Crippen molar-refractivity contribution in [3.8, 4) is 0 Å². The topological polar surface area (TPSA) is 69.7 Å². The summed E-state index contributed by atoms with van der Waals surface area (Å²) in [6, 6.07) is 0. The highest BCUT2D eigenvalue weighted by Gasteiger charge is 2.31. The Morgan fingerprint density at radius 3 is 2.14 bits per heavy atom. The summed E-state index contributed by atoms with van der Waals surface area (Å²) in [7, 11) is 1.17. The second-order valence-corrected chi connectivity index (χ2v) is 2.57. The molecule has 1 atom stereocenters. The zero-order valence-electron chi connectivity index (χ0n) is 8.53. The molecule has 0 aromatic heterocycles. The van der Waals surface area contributed by atoms with Crippen LogP contribution in [0.1, 0.15) is 20.3 Å². The van der Waals surface area contributed by atoms with Crippen LogP contribution < -0.4 is 0 Å². The summed E-state index contributed by atoms with van der Waals surface area (Å²) >= 11 is 0. The second-order valence-electron chi connectivity index (χ2n) is 2.57. The van der Waals surface area contributed by atoms with Gasteiger partial charge in [-0.05, 0) is 13.3 Å². The van der Waals surface area contributed by atoms with Gasteiger partial charge >= 0.3 is 11.9 Å². The van der Waals surface area contributed by atoms with Crippen LogP contribution in [0.3, 0.4) is 0 Å². The van der Waals surface area contributed by atoms with Crippen molar-refractivity contribution < 1.29 is 23.9 Å². The van der Waals surface area contributed by atoms with Crippen molar-refractivity contribution in [1.82, 2.24) is 0 Å². The van der Waals surface area contributed by atoms with Crippen LogP contribution in [-0.4, -0.2) is 31.4 Å².